The van der Waals surface area contributed by atoms with Crippen LogP contribution in [0.2, 0.25) is 0 Å². The molecule has 0 saturated carbocycles. The molecule has 0 amide bonds. The van der Waals surface area contributed by atoms with Crippen molar-refractivity contribution in [2.75, 3.05) is 14.2 Å². The van der Waals surface area contributed by atoms with E-state index in [0.29, 0.717) is 6.42 Å². The molecule has 0 radical (unpaired) electrons. The quantitative estimate of drug-likeness (QED) is 0.789. The van der Waals surface area contributed by atoms with Gasteiger partial charge in [-0.15, -0.1) is 11.6 Å². The van der Waals surface area contributed by atoms with Crippen molar-refractivity contribution in [1.29, 1.82) is 0 Å². The summed E-state index contributed by atoms with van der Waals surface area (Å²) in [7, 11) is 3.26. The second-order valence-electron chi connectivity index (χ2n) is 4.13. The highest BCUT2D eigenvalue weighted by molar-refractivity contribution is 6.21. The monoisotopic (exact) mass is 269 g/mol. The number of hydrogen-bond acceptors (Lipinski definition) is 4. The standard InChI is InChI=1S/C13H16ClNO3/c1-8(14)13-7-11(15-18-13)10-6-9(16-2)4-5-12(10)17-3/h4-6,8,13H,7H2,1-3H3. The van der Waals surface area contributed by atoms with E-state index in [4.69, 9.17) is 25.9 Å². The zero-order chi connectivity index (χ0) is 13.1. The van der Waals surface area contributed by atoms with Gasteiger partial charge < -0.3 is 14.3 Å². The third kappa shape index (κ3) is 2.53. The Balaban J connectivity index is 2.28. The highest BCUT2D eigenvalue weighted by atomic mass is 35.5. The normalized spacial score (nSPS) is 20.0. The summed E-state index contributed by atoms with van der Waals surface area (Å²) in [6.07, 6.45) is 0.589. The number of halogens is 1. The highest BCUT2D eigenvalue weighted by Gasteiger charge is 2.28. The van der Waals surface area contributed by atoms with Gasteiger partial charge in [0.25, 0.3) is 0 Å². The molecular formula is C13H16ClNO3. The molecule has 0 saturated heterocycles. The fourth-order valence-corrected chi connectivity index (χ4v) is 1.98. The smallest absolute Gasteiger partial charge is 0.149 e. The maximum atomic E-state index is 6.01. The van der Waals surface area contributed by atoms with E-state index in [9.17, 15) is 0 Å². The van der Waals surface area contributed by atoms with Crippen molar-refractivity contribution in [3.05, 3.63) is 23.8 Å². The molecule has 18 heavy (non-hydrogen) atoms. The van der Waals surface area contributed by atoms with Gasteiger partial charge >= 0.3 is 0 Å². The predicted molar refractivity (Wildman–Crippen MR) is 70.9 cm³/mol. The van der Waals surface area contributed by atoms with E-state index in [-0.39, 0.29) is 11.5 Å². The lowest BCUT2D eigenvalue weighted by Gasteiger charge is -2.11. The van der Waals surface area contributed by atoms with Gasteiger partial charge in [-0.3, -0.25) is 0 Å². The van der Waals surface area contributed by atoms with Gasteiger partial charge in [0, 0.05) is 12.0 Å². The van der Waals surface area contributed by atoms with Crippen LogP contribution in [0.25, 0.3) is 0 Å². The summed E-state index contributed by atoms with van der Waals surface area (Å²) in [5, 5.41) is 4.01. The minimum Gasteiger partial charge on any atom is -0.497 e. The van der Waals surface area contributed by atoms with E-state index in [1.54, 1.807) is 14.2 Å². The van der Waals surface area contributed by atoms with Crippen molar-refractivity contribution in [3.8, 4) is 11.5 Å². The maximum Gasteiger partial charge on any atom is 0.149 e. The highest BCUT2D eigenvalue weighted by Crippen LogP contribution is 2.29. The van der Waals surface area contributed by atoms with Crippen LogP contribution in [0.5, 0.6) is 11.5 Å². The van der Waals surface area contributed by atoms with Crippen LogP contribution in [0.1, 0.15) is 18.9 Å². The Hall–Kier alpha value is -1.42. The molecule has 1 aromatic rings. The molecule has 0 aromatic heterocycles. The molecule has 2 unspecified atom stereocenters. The van der Waals surface area contributed by atoms with Crippen LogP contribution < -0.4 is 9.47 Å². The van der Waals surface area contributed by atoms with Gasteiger partial charge in [0.05, 0.1) is 25.3 Å². The second-order valence-corrected chi connectivity index (χ2v) is 4.82. The number of benzene rings is 1. The summed E-state index contributed by atoms with van der Waals surface area (Å²) in [6, 6.07) is 5.59. The molecule has 0 N–H and O–H groups in total. The first kappa shape index (κ1) is 13.0. The van der Waals surface area contributed by atoms with Crippen LogP contribution in [-0.4, -0.2) is 31.4 Å². The Morgan fingerprint density at radius 1 is 1.39 bits per heavy atom. The summed E-state index contributed by atoms with van der Waals surface area (Å²) < 4.78 is 10.5. The average molecular weight is 270 g/mol. The number of hydrogen-bond donors (Lipinski definition) is 0. The Kier molecular flexibility index (Phi) is 3.97. The second kappa shape index (κ2) is 5.48. The SMILES string of the molecule is COc1ccc(OC)c(C2=NOC(C(C)Cl)C2)c1. The molecule has 1 aliphatic rings. The number of ether oxygens (including phenoxy) is 2. The number of rotatable bonds is 4. The molecule has 98 valence electrons. The molecule has 1 heterocycles. The molecule has 2 rings (SSSR count). The van der Waals surface area contributed by atoms with E-state index >= 15 is 0 Å². The minimum atomic E-state index is -0.0856. The summed E-state index contributed by atoms with van der Waals surface area (Å²) in [5.74, 6) is 1.51. The summed E-state index contributed by atoms with van der Waals surface area (Å²) in [4.78, 5) is 5.31. The summed E-state index contributed by atoms with van der Waals surface area (Å²) in [6.45, 7) is 1.90. The van der Waals surface area contributed by atoms with Gasteiger partial charge in [-0.1, -0.05) is 5.16 Å². The fourth-order valence-electron chi connectivity index (χ4n) is 1.84. The third-order valence-electron chi connectivity index (χ3n) is 2.92. The first-order valence-electron chi connectivity index (χ1n) is 5.75. The lowest BCUT2D eigenvalue weighted by molar-refractivity contribution is 0.0855. The fraction of sp³-hybridized carbons (Fsp3) is 0.462. The molecule has 4 nitrogen and oxygen atoms in total. The Morgan fingerprint density at radius 3 is 2.72 bits per heavy atom. The maximum absolute atomic E-state index is 6.01. The van der Waals surface area contributed by atoms with Crippen molar-refractivity contribution in [3.63, 3.8) is 0 Å². The van der Waals surface area contributed by atoms with E-state index in [1.807, 2.05) is 25.1 Å². The molecule has 1 aromatic carbocycles. The molecule has 0 bridgehead atoms. The van der Waals surface area contributed by atoms with E-state index in [1.165, 1.54) is 0 Å². The van der Waals surface area contributed by atoms with Crippen molar-refractivity contribution in [2.24, 2.45) is 5.16 Å². The van der Waals surface area contributed by atoms with E-state index in [0.717, 1.165) is 22.8 Å². The molecular weight excluding hydrogens is 254 g/mol. The zero-order valence-corrected chi connectivity index (χ0v) is 11.4. The molecule has 5 heteroatoms. The first-order valence-corrected chi connectivity index (χ1v) is 6.18. The van der Waals surface area contributed by atoms with Gasteiger partial charge in [-0.2, -0.15) is 0 Å². The lowest BCUT2D eigenvalue weighted by Crippen LogP contribution is -2.18. The lowest BCUT2D eigenvalue weighted by atomic mass is 10.0. The average Bonchev–Trinajstić information content (AvgIpc) is 2.87. The van der Waals surface area contributed by atoms with Crippen LogP contribution in [-0.2, 0) is 4.84 Å². The van der Waals surface area contributed by atoms with Gasteiger partial charge in [0.1, 0.15) is 17.6 Å². The third-order valence-corrected chi connectivity index (χ3v) is 3.20. The van der Waals surface area contributed by atoms with Crippen molar-refractivity contribution < 1.29 is 14.3 Å². The zero-order valence-electron chi connectivity index (χ0n) is 10.6. The van der Waals surface area contributed by atoms with Gasteiger partial charge in [0.15, 0.2) is 0 Å². The largest absolute Gasteiger partial charge is 0.497 e. The molecule has 2 atom stereocenters. The van der Waals surface area contributed by atoms with Crippen LogP contribution in [0.3, 0.4) is 0 Å². The molecule has 0 fully saturated rings. The Bertz CT molecular complexity index is 460. The number of alkyl halides is 1. The van der Waals surface area contributed by atoms with Gasteiger partial charge in [-0.25, -0.2) is 0 Å². The number of nitrogens with zero attached hydrogens (tertiary/aromatic N) is 1. The van der Waals surface area contributed by atoms with Crippen molar-refractivity contribution in [1.82, 2.24) is 0 Å². The van der Waals surface area contributed by atoms with E-state index in [2.05, 4.69) is 5.16 Å². The Morgan fingerprint density at radius 2 is 2.17 bits per heavy atom. The number of oxime groups is 1. The molecule has 0 aliphatic carbocycles. The van der Waals surface area contributed by atoms with Gasteiger partial charge in [-0.05, 0) is 25.1 Å². The van der Waals surface area contributed by atoms with Gasteiger partial charge in [0.2, 0.25) is 0 Å². The summed E-state index contributed by atoms with van der Waals surface area (Å²) >= 11 is 6.01. The number of methoxy groups -OCH3 is 2. The van der Waals surface area contributed by atoms with Crippen LogP contribution in [0.4, 0.5) is 0 Å². The topological polar surface area (TPSA) is 40.0 Å². The molecule has 0 spiro atoms. The first-order chi connectivity index (χ1) is 8.65. The van der Waals surface area contributed by atoms with Crippen molar-refractivity contribution >= 4 is 17.3 Å². The minimum absolute atomic E-state index is 0.0807. The van der Waals surface area contributed by atoms with Crippen LogP contribution >= 0.6 is 11.6 Å². The predicted octanol–water partition coefficient (Wildman–Crippen LogP) is 2.82. The molecule has 1 aliphatic heterocycles. The van der Waals surface area contributed by atoms with E-state index < -0.39 is 0 Å². The Labute approximate surface area is 111 Å². The van der Waals surface area contributed by atoms with Crippen LogP contribution in [0, 0.1) is 0 Å². The van der Waals surface area contributed by atoms with Crippen molar-refractivity contribution in [2.45, 2.75) is 24.8 Å². The van der Waals surface area contributed by atoms with Crippen LogP contribution in [0.15, 0.2) is 23.4 Å². The summed E-state index contributed by atoms with van der Waals surface area (Å²) in [5.41, 5.74) is 1.72.